The van der Waals surface area contributed by atoms with Crippen LogP contribution in [-0.4, -0.2) is 29.1 Å². The number of aliphatic hydroxyl groups excluding tert-OH is 1. The number of thioether (sulfide) groups is 1. The number of carbonyl (C=O) groups excluding carboxylic acids is 1. The molecule has 0 bridgehead atoms. The molecule has 0 aromatic heterocycles. The second kappa shape index (κ2) is 7.94. The van der Waals surface area contributed by atoms with Gasteiger partial charge >= 0.3 is 0 Å². The minimum atomic E-state index is -0.492. The van der Waals surface area contributed by atoms with E-state index in [2.05, 4.69) is 5.32 Å². The van der Waals surface area contributed by atoms with E-state index >= 15 is 0 Å². The third kappa shape index (κ3) is 5.37. The smallest absolute Gasteiger partial charge is 0.224 e. The zero-order valence-corrected chi connectivity index (χ0v) is 10.8. The van der Waals surface area contributed by atoms with Crippen molar-refractivity contribution in [2.24, 2.45) is 0 Å². The summed E-state index contributed by atoms with van der Waals surface area (Å²) in [7, 11) is 0. The Balaban J connectivity index is 2.29. The third-order valence-corrected chi connectivity index (χ3v) is 3.26. The summed E-state index contributed by atoms with van der Waals surface area (Å²) < 4.78 is 12.9. The molecule has 1 aromatic carbocycles. The molecule has 6 heteroatoms. The van der Waals surface area contributed by atoms with Crippen molar-refractivity contribution in [3.8, 4) is 0 Å². The lowest BCUT2D eigenvalue weighted by Crippen LogP contribution is -2.12. The maximum Gasteiger partial charge on any atom is 0.224 e. The van der Waals surface area contributed by atoms with Crippen molar-refractivity contribution in [1.29, 1.82) is 0 Å². The molecule has 0 aliphatic heterocycles. The number of rotatable bonds is 7. The molecule has 0 saturated heterocycles. The van der Waals surface area contributed by atoms with Gasteiger partial charge in [0, 0.05) is 17.9 Å². The fourth-order valence-corrected chi connectivity index (χ4v) is 2.03. The zero-order valence-electron chi connectivity index (χ0n) is 9.99. The Hall–Kier alpha value is -1.27. The summed E-state index contributed by atoms with van der Waals surface area (Å²) in [4.78, 5) is 11.5. The van der Waals surface area contributed by atoms with Gasteiger partial charge < -0.3 is 16.2 Å². The molecule has 0 spiro atoms. The quantitative estimate of drug-likeness (QED) is 0.523. The molecule has 4 nitrogen and oxygen atoms in total. The molecule has 18 heavy (non-hydrogen) atoms. The fraction of sp³-hybridized carbons (Fsp3) is 0.417. The van der Waals surface area contributed by atoms with E-state index in [9.17, 15) is 9.18 Å². The molecule has 0 saturated carbocycles. The SMILES string of the molecule is Nc1cc(NC(=O)CCCSCCO)ccc1F. The van der Waals surface area contributed by atoms with Crippen molar-refractivity contribution in [1.82, 2.24) is 0 Å². The normalized spacial score (nSPS) is 10.3. The van der Waals surface area contributed by atoms with Gasteiger partial charge in [0.25, 0.3) is 0 Å². The van der Waals surface area contributed by atoms with Crippen molar-refractivity contribution in [2.75, 3.05) is 29.2 Å². The van der Waals surface area contributed by atoms with Gasteiger partial charge in [-0.05, 0) is 30.4 Å². The second-order valence-electron chi connectivity index (χ2n) is 3.72. The predicted octanol–water partition coefficient (Wildman–Crippen LogP) is 1.85. The standard InChI is InChI=1S/C12H17FN2O2S/c13-10-4-3-9(8-11(10)14)15-12(17)2-1-6-18-7-5-16/h3-4,8,16H,1-2,5-7,14H2,(H,15,17). The van der Waals surface area contributed by atoms with E-state index in [0.29, 0.717) is 17.9 Å². The van der Waals surface area contributed by atoms with Crippen LogP contribution in [0.5, 0.6) is 0 Å². The summed E-state index contributed by atoms with van der Waals surface area (Å²) in [6, 6.07) is 4.10. The van der Waals surface area contributed by atoms with Crippen LogP contribution in [0.1, 0.15) is 12.8 Å². The number of aliphatic hydroxyl groups is 1. The van der Waals surface area contributed by atoms with Crippen LogP contribution in [0, 0.1) is 5.82 Å². The highest BCUT2D eigenvalue weighted by molar-refractivity contribution is 7.99. The fourth-order valence-electron chi connectivity index (χ4n) is 1.35. The van der Waals surface area contributed by atoms with Crippen molar-refractivity contribution >= 4 is 29.0 Å². The van der Waals surface area contributed by atoms with Gasteiger partial charge in [0.2, 0.25) is 5.91 Å². The maximum absolute atomic E-state index is 12.9. The molecule has 0 heterocycles. The average molecular weight is 272 g/mol. The summed E-state index contributed by atoms with van der Waals surface area (Å²) in [5.41, 5.74) is 5.92. The molecule has 1 rings (SSSR count). The van der Waals surface area contributed by atoms with E-state index in [1.807, 2.05) is 0 Å². The molecule has 0 radical (unpaired) electrons. The van der Waals surface area contributed by atoms with Crippen molar-refractivity contribution in [3.05, 3.63) is 24.0 Å². The first-order valence-electron chi connectivity index (χ1n) is 5.67. The topological polar surface area (TPSA) is 75.3 Å². The van der Waals surface area contributed by atoms with Gasteiger partial charge in [-0.25, -0.2) is 4.39 Å². The van der Waals surface area contributed by atoms with Crippen LogP contribution < -0.4 is 11.1 Å². The summed E-state index contributed by atoms with van der Waals surface area (Å²) >= 11 is 1.61. The largest absolute Gasteiger partial charge is 0.396 e. The van der Waals surface area contributed by atoms with Crippen LogP contribution in [0.2, 0.25) is 0 Å². The average Bonchev–Trinajstić information content (AvgIpc) is 2.34. The molecule has 0 aliphatic carbocycles. The Morgan fingerprint density at radius 2 is 2.22 bits per heavy atom. The number of amides is 1. The van der Waals surface area contributed by atoms with Crippen LogP contribution in [0.4, 0.5) is 15.8 Å². The minimum Gasteiger partial charge on any atom is -0.396 e. The number of nitrogen functional groups attached to an aromatic ring is 1. The van der Waals surface area contributed by atoms with E-state index in [1.165, 1.54) is 18.2 Å². The Bertz CT molecular complexity index is 402. The molecular weight excluding hydrogens is 255 g/mol. The van der Waals surface area contributed by atoms with Crippen molar-refractivity contribution in [3.63, 3.8) is 0 Å². The minimum absolute atomic E-state index is 0.0197. The molecule has 0 unspecified atom stereocenters. The predicted molar refractivity (Wildman–Crippen MR) is 73.1 cm³/mol. The first kappa shape index (κ1) is 14.8. The van der Waals surface area contributed by atoms with Crippen LogP contribution in [-0.2, 0) is 4.79 Å². The molecule has 1 aromatic rings. The Morgan fingerprint density at radius 1 is 1.44 bits per heavy atom. The first-order valence-corrected chi connectivity index (χ1v) is 6.82. The number of benzene rings is 1. The zero-order chi connectivity index (χ0) is 13.4. The number of hydrogen-bond acceptors (Lipinski definition) is 4. The van der Waals surface area contributed by atoms with Crippen molar-refractivity contribution < 1.29 is 14.3 Å². The molecule has 1 amide bonds. The Labute approximate surface area is 110 Å². The number of anilines is 2. The van der Waals surface area contributed by atoms with Gasteiger partial charge in [-0.2, -0.15) is 11.8 Å². The summed E-state index contributed by atoms with van der Waals surface area (Å²) in [5, 5.41) is 11.2. The summed E-state index contributed by atoms with van der Waals surface area (Å²) in [6.07, 6.45) is 1.14. The Kier molecular flexibility index (Phi) is 6.53. The molecule has 0 atom stereocenters. The van der Waals surface area contributed by atoms with Gasteiger partial charge in [-0.15, -0.1) is 0 Å². The van der Waals surface area contributed by atoms with Gasteiger partial charge in [-0.1, -0.05) is 0 Å². The first-order chi connectivity index (χ1) is 8.63. The van der Waals surface area contributed by atoms with E-state index in [4.69, 9.17) is 10.8 Å². The van der Waals surface area contributed by atoms with Crippen LogP contribution in [0.3, 0.4) is 0 Å². The number of nitrogens with two attached hydrogens (primary N) is 1. The van der Waals surface area contributed by atoms with Gasteiger partial charge in [0.05, 0.1) is 12.3 Å². The molecule has 4 N–H and O–H groups in total. The Morgan fingerprint density at radius 3 is 2.89 bits per heavy atom. The van der Waals surface area contributed by atoms with E-state index < -0.39 is 5.82 Å². The monoisotopic (exact) mass is 272 g/mol. The van der Waals surface area contributed by atoms with E-state index in [0.717, 1.165) is 12.2 Å². The lowest BCUT2D eigenvalue weighted by Gasteiger charge is -2.06. The summed E-state index contributed by atoms with van der Waals surface area (Å²) in [6.45, 7) is 0.158. The highest BCUT2D eigenvalue weighted by atomic mass is 32.2. The third-order valence-electron chi connectivity index (χ3n) is 2.21. The highest BCUT2D eigenvalue weighted by Crippen LogP contribution is 2.16. The molecule has 0 fully saturated rings. The van der Waals surface area contributed by atoms with E-state index in [-0.39, 0.29) is 18.2 Å². The number of carbonyl (C=O) groups is 1. The number of nitrogens with one attached hydrogen (secondary N) is 1. The van der Waals surface area contributed by atoms with E-state index in [1.54, 1.807) is 11.8 Å². The number of halogens is 1. The molecule has 0 aliphatic rings. The molecule has 100 valence electrons. The van der Waals surface area contributed by atoms with Crippen LogP contribution >= 0.6 is 11.8 Å². The van der Waals surface area contributed by atoms with Gasteiger partial charge in [-0.3, -0.25) is 4.79 Å². The number of hydrogen-bond donors (Lipinski definition) is 3. The lowest BCUT2D eigenvalue weighted by molar-refractivity contribution is -0.116. The highest BCUT2D eigenvalue weighted by Gasteiger charge is 2.04. The summed E-state index contributed by atoms with van der Waals surface area (Å²) in [5.74, 6) is 0.911. The van der Waals surface area contributed by atoms with Crippen LogP contribution in [0.15, 0.2) is 18.2 Å². The van der Waals surface area contributed by atoms with Crippen LogP contribution in [0.25, 0.3) is 0 Å². The van der Waals surface area contributed by atoms with Gasteiger partial charge in [0.1, 0.15) is 5.82 Å². The van der Waals surface area contributed by atoms with Gasteiger partial charge in [0.15, 0.2) is 0 Å². The lowest BCUT2D eigenvalue weighted by atomic mass is 10.2. The molecular formula is C12H17FN2O2S. The second-order valence-corrected chi connectivity index (χ2v) is 4.95. The maximum atomic E-state index is 12.9. The van der Waals surface area contributed by atoms with Crippen molar-refractivity contribution in [2.45, 2.75) is 12.8 Å².